The lowest BCUT2D eigenvalue weighted by atomic mass is 10.1. The van der Waals surface area contributed by atoms with Crippen LogP contribution in [0.15, 0.2) is 30.5 Å². The standard InChI is InChI=1S/C16H19ClN4O2/c1-20-15(14(17)10-18-20)16(22)19-13-4-2-3-12(9-13)11-21-5-7-23-8-6-21/h2-4,9-10H,5-8,11H2,1H3,(H,19,22). The second-order valence-corrected chi connectivity index (χ2v) is 5.91. The van der Waals surface area contributed by atoms with Crippen LogP contribution in [0.3, 0.4) is 0 Å². The second kappa shape index (κ2) is 7.12. The minimum atomic E-state index is -0.265. The number of nitrogens with zero attached hydrogens (tertiary/aromatic N) is 3. The lowest BCUT2D eigenvalue weighted by Crippen LogP contribution is -2.35. The van der Waals surface area contributed by atoms with E-state index in [4.69, 9.17) is 16.3 Å². The largest absolute Gasteiger partial charge is 0.379 e. The van der Waals surface area contributed by atoms with Crippen molar-refractivity contribution in [1.29, 1.82) is 0 Å². The Hall–Kier alpha value is -1.89. The maximum Gasteiger partial charge on any atom is 0.275 e. The molecule has 1 saturated heterocycles. The molecule has 3 rings (SSSR count). The highest BCUT2D eigenvalue weighted by molar-refractivity contribution is 6.34. The Morgan fingerprint density at radius 1 is 1.39 bits per heavy atom. The van der Waals surface area contributed by atoms with Crippen molar-refractivity contribution in [1.82, 2.24) is 14.7 Å². The van der Waals surface area contributed by atoms with Crippen LogP contribution in [0.1, 0.15) is 16.1 Å². The van der Waals surface area contributed by atoms with Crippen LogP contribution in [0, 0.1) is 0 Å². The van der Waals surface area contributed by atoms with Gasteiger partial charge in [-0.25, -0.2) is 0 Å². The predicted octanol–water partition coefficient (Wildman–Crippen LogP) is 2.16. The van der Waals surface area contributed by atoms with E-state index in [0.29, 0.717) is 10.7 Å². The van der Waals surface area contributed by atoms with Crippen LogP contribution in [0.4, 0.5) is 5.69 Å². The number of carbonyl (C=O) groups is 1. The quantitative estimate of drug-likeness (QED) is 0.931. The fraction of sp³-hybridized carbons (Fsp3) is 0.375. The van der Waals surface area contributed by atoms with Gasteiger partial charge in [0.15, 0.2) is 0 Å². The number of benzene rings is 1. The maximum absolute atomic E-state index is 12.3. The molecule has 6 nitrogen and oxygen atoms in total. The Morgan fingerprint density at radius 3 is 2.87 bits per heavy atom. The fourth-order valence-electron chi connectivity index (χ4n) is 2.62. The second-order valence-electron chi connectivity index (χ2n) is 5.51. The number of anilines is 1. The summed E-state index contributed by atoms with van der Waals surface area (Å²) in [6.45, 7) is 4.26. The summed E-state index contributed by atoms with van der Waals surface area (Å²) in [6, 6.07) is 7.85. The topological polar surface area (TPSA) is 59.4 Å². The first kappa shape index (κ1) is 16.0. The van der Waals surface area contributed by atoms with E-state index in [2.05, 4.69) is 21.4 Å². The number of rotatable bonds is 4. The lowest BCUT2D eigenvalue weighted by molar-refractivity contribution is 0.0342. The van der Waals surface area contributed by atoms with Gasteiger partial charge in [0, 0.05) is 32.4 Å². The number of amides is 1. The Bertz CT molecular complexity index is 676. The Balaban J connectivity index is 1.68. The van der Waals surface area contributed by atoms with E-state index in [1.807, 2.05) is 18.2 Å². The molecule has 0 atom stereocenters. The molecule has 0 saturated carbocycles. The van der Waals surface area contributed by atoms with Gasteiger partial charge in [0.05, 0.1) is 24.4 Å². The van der Waals surface area contributed by atoms with Crippen LogP contribution < -0.4 is 5.32 Å². The molecule has 2 heterocycles. The summed E-state index contributed by atoms with van der Waals surface area (Å²) in [4.78, 5) is 14.7. The third-order valence-electron chi connectivity index (χ3n) is 3.80. The van der Waals surface area contributed by atoms with E-state index in [-0.39, 0.29) is 5.91 Å². The molecular weight excluding hydrogens is 316 g/mol. The third-order valence-corrected chi connectivity index (χ3v) is 4.08. The van der Waals surface area contributed by atoms with Crippen molar-refractivity contribution in [2.75, 3.05) is 31.6 Å². The van der Waals surface area contributed by atoms with E-state index in [9.17, 15) is 4.79 Å². The van der Waals surface area contributed by atoms with Crippen LogP contribution >= 0.6 is 11.6 Å². The van der Waals surface area contributed by atoms with Crippen LogP contribution in [0.5, 0.6) is 0 Å². The molecule has 122 valence electrons. The molecule has 2 aromatic rings. The van der Waals surface area contributed by atoms with Gasteiger partial charge in [0.25, 0.3) is 5.91 Å². The minimum absolute atomic E-state index is 0.265. The predicted molar refractivity (Wildman–Crippen MR) is 88.7 cm³/mol. The first-order chi connectivity index (χ1) is 11.1. The number of morpholine rings is 1. The van der Waals surface area contributed by atoms with Crippen LogP contribution in [-0.2, 0) is 18.3 Å². The Morgan fingerprint density at radius 2 is 2.17 bits per heavy atom. The zero-order valence-corrected chi connectivity index (χ0v) is 13.7. The molecule has 7 heteroatoms. The number of ether oxygens (including phenoxy) is 1. The normalized spacial score (nSPS) is 15.6. The van der Waals surface area contributed by atoms with Gasteiger partial charge in [-0.15, -0.1) is 0 Å². The van der Waals surface area contributed by atoms with Crippen LogP contribution in [0.2, 0.25) is 5.02 Å². The maximum atomic E-state index is 12.3. The van der Waals surface area contributed by atoms with Crippen molar-refractivity contribution in [3.05, 3.63) is 46.7 Å². The monoisotopic (exact) mass is 334 g/mol. The van der Waals surface area contributed by atoms with Gasteiger partial charge >= 0.3 is 0 Å². The number of carbonyl (C=O) groups excluding carboxylic acids is 1. The van der Waals surface area contributed by atoms with Crippen molar-refractivity contribution in [2.24, 2.45) is 7.05 Å². The molecule has 1 aliphatic heterocycles. The van der Waals surface area contributed by atoms with Gasteiger partial charge in [-0.05, 0) is 17.7 Å². The highest BCUT2D eigenvalue weighted by Gasteiger charge is 2.16. The van der Waals surface area contributed by atoms with Gasteiger partial charge in [-0.3, -0.25) is 14.4 Å². The number of hydrogen-bond donors (Lipinski definition) is 1. The molecule has 1 amide bonds. The molecule has 0 radical (unpaired) electrons. The summed E-state index contributed by atoms with van der Waals surface area (Å²) in [5, 5.41) is 7.20. The summed E-state index contributed by atoms with van der Waals surface area (Å²) < 4.78 is 6.83. The van der Waals surface area contributed by atoms with Crippen molar-refractivity contribution < 1.29 is 9.53 Å². The van der Waals surface area contributed by atoms with Crippen molar-refractivity contribution in [3.63, 3.8) is 0 Å². The van der Waals surface area contributed by atoms with Gasteiger partial charge in [0.1, 0.15) is 5.69 Å². The molecule has 1 N–H and O–H groups in total. The number of nitrogens with one attached hydrogen (secondary N) is 1. The summed E-state index contributed by atoms with van der Waals surface area (Å²) >= 11 is 6.00. The molecule has 1 aromatic carbocycles. The lowest BCUT2D eigenvalue weighted by Gasteiger charge is -2.26. The molecule has 1 aliphatic rings. The smallest absolute Gasteiger partial charge is 0.275 e. The molecule has 0 bridgehead atoms. The molecule has 0 unspecified atom stereocenters. The van der Waals surface area contributed by atoms with E-state index >= 15 is 0 Å². The van der Waals surface area contributed by atoms with Gasteiger partial charge in [0.2, 0.25) is 0 Å². The summed E-state index contributed by atoms with van der Waals surface area (Å²) in [7, 11) is 1.69. The molecular formula is C16H19ClN4O2. The van der Waals surface area contributed by atoms with Crippen molar-refractivity contribution in [3.8, 4) is 0 Å². The number of halogens is 1. The summed E-state index contributed by atoms with van der Waals surface area (Å²) in [5.41, 5.74) is 2.25. The van der Waals surface area contributed by atoms with Crippen LogP contribution in [0.25, 0.3) is 0 Å². The van der Waals surface area contributed by atoms with E-state index in [1.54, 1.807) is 7.05 Å². The molecule has 0 aliphatic carbocycles. The first-order valence-corrected chi connectivity index (χ1v) is 7.89. The average molecular weight is 335 g/mol. The van der Waals surface area contributed by atoms with E-state index in [0.717, 1.165) is 44.1 Å². The molecule has 1 aromatic heterocycles. The number of hydrogen-bond acceptors (Lipinski definition) is 4. The first-order valence-electron chi connectivity index (χ1n) is 7.51. The summed E-state index contributed by atoms with van der Waals surface area (Å²) in [6.07, 6.45) is 1.46. The number of aryl methyl sites for hydroxylation is 1. The zero-order chi connectivity index (χ0) is 16.2. The Labute approximate surface area is 140 Å². The van der Waals surface area contributed by atoms with Crippen molar-refractivity contribution in [2.45, 2.75) is 6.54 Å². The minimum Gasteiger partial charge on any atom is -0.379 e. The van der Waals surface area contributed by atoms with Crippen molar-refractivity contribution >= 4 is 23.2 Å². The van der Waals surface area contributed by atoms with E-state index < -0.39 is 0 Å². The molecule has 23 heavy (non-hydrogen) atoms. The average Bonchev–Trinajstić information content (AvgIpc) is 2.87. The highest BCUT2D eigenvalue weighted by Crippen LogP contribution is 2.18. The van der Waals surface area contributed by atoms with E-state index in [1.165, 1.54) is 10.9 Å². The zero-order valence-electron chi connectivity index (χ0n) is 13.0. The fourth-order valence-corrected chi connectivity index (χ4v) is 2.87. The molecule has 0 spiro atoms. The Kier molecular flexibility index (Phi) is 4.95. The summed E-state index contributed by atoms with van der Waals surface area (Å²) in [5.74, 6) is -0.265. The molecule has 1 fully saturated rings. The highest BCUT2D eigenvalue weighted by atomic mass is 35.5. The van der Waals surface area contributed by atoms with Gasteiger partial charge < -0.3 is 10.1 Å². The SMILES string of the molecule is Cn1ncc(Cl)c1C(=O)Nc1cccc(CN2CCOCC2)c1. The van der Waals surface area contributed by atoms with Crippen LogP contribution in [-0.4, -0.2) is 46.9 Å². The third kappa shape index (κ3) is 3.90. The number of aromatic nitrogens is 2. The van der Waals surface area contributed by atoms with Gasteiger partial charge in [-0.1, -0.05) is 23.7 Å². The van der Waals surface area contributed by atoms with Gasteiger partial charge in [-0.2, -0.15) is 5.10 Å².